The summed E-state index contributed by atoms with van der Waals surface area (Å²) in [6.45, 7) is 4.44. The predicted octanol–water partition coefficient (Wildman–Crippen LogP) is 3.30. The maximum atomic E-state index is 12.9. The van der Waals surface area contributed by atoms with E-state index in [-0.39, 0.29) is 13.2 Å². The van der Waals surface area contributed by atoms with Crippen molar-refractivity contribution in [2.24, 2.45) is 0 Å². The lowest BCUT2D eigenvalue weighted by Gasteiger charge is -2.30. The van der Waals surface area contributed by atoms with Crippen LogP contribution < -0.4 is 4.74 Å². The van der Waals surface area contributed by atoms with E-state index in [0.717, 1.165) is 11.1 Å². The molecule has 2 bridgehead atoms. The standard InChI is InChI=1S/C21H20N2O5/c1-2-10-27-15-8-9-16-17(11-15)18-12-22(19(16)20(24)25)21(26)23(18)28-13-14-6-4-3-5-7-14/h2-9,11,18-19H,1,10,12-13H2,(H,24,25)/t18-,19-/m1/s1. The van der Waals surface area contributed by atoms with Crippen molar-refractivity contribution in [3.8, 4) is 5.75 Å². The van der Waals surface area contributed by atoms with E-state index in [1.807, 2.05) is 30.3 Å². The van der Waals surface area contributed by atoms with Crippen molar-refractivity contribution in [3.63, 3.8) is 0 Å². The number of hydrogen-bond donors (Lipinski definition) is 1. The summed E-state index contributed by atoms with van der Waals surface area (Å²) in [6, 6.07) is 12.8. The number of amides is 2. The Kier molecular flexibility index (Phi) is 4.75. The fraction of sp³-hybridized carbons (Fsp3) is 0.238. The minimum atomic E-state index is -1.07. The molecule has 0 unspecified atom stereocenters. The molecule has 2 atom stereocenters. The molecule has 2 heterocycles. The number of nitrogens with zero attached hydrogens (tertiary/aromatic N) is 2. The number of hydrogen-bond acceptors (Lipinski definition) is 4. The highest BCUT2D eigenvalue weighted by molar-refractivity contribution is 5.87. The van der Waals surface area contributed by atoms with Gasteiger partial charge in [-0.25, -0.2) is 9.59 Å². The van der Waals surface area contributed by atoms with Gasteiger partial charge in [0.2, 0.25) is 0 Å². The van der Waals surface area contributed by atoms with E-state index >= 15 is 0 Å². The molecule has 0 aliphatic carbocycles. The second-order valence-corrected chi connectivity index (χ2v) is 6.67. The number of carbonyl (C=O) groups excluding carboxylic acids is 1. The highest BCUT2D eigenvalue weighted by Gasteiger charge is 2.51. The molecule has 0 aromatic heterocycles. The third kappa shape index (κ3) is 3.10. The predicted molar refractivity (Wildman–Crippen MR) is 100 cm³/mol. The first-order chi connectivity index (χ1) is 13.6. The Morgan fingerprint density at radius 2 is 2.00 bits per heavy atom. The molecule has 4 rings (SSSR count). The fourth-order valence-corrected chi connectivity index (χ4v) is 3.67. The monoisotopic (exact) mass is 380 g/mol. The summed E-state index contributed by atoms with van der Waals surface area (Å²) in [7, 11) is 0. The Morgan fingerprint density at radius 3 is 2.71 bits per heavy atom. The van der Waals surface area contributed by atoms with E-state index in [1.165, 1.54) is 9.96 Å². The van der Waals surface area contributed by atoms with Crippen LogP contribution in [0.1, 0.15) is 28.8 Å². The normalized spacial score (nSPS) is 20.1. The Labute approximate surface area is 162 Å². The SMILES string of the molecule is C=CCOc1ccc2c(c1)[C@H]1CN(C(=O)N1OCc1ccccc1)[C@H]2C(=O)O. The first-order valence-corrected chi connectivity index (χ1v) is 8.97. The van der Waals surface area contributed by atoms with Crippen LogP contribution >= 0.6 is 0 Å². The van der Waals surface area contributed by atoms with Crippen molar-refractivity contribution in [2.75, 3.05) is 13.2 Å². The van der Waals surface area contributed by atoms with Crippen LogP contribution in [0.3, 0.4) is 0 Å². The number of rotatable bonds is 7. The van der Waals surface area contributed by atoms with Gasteiger partial charge in [0.25, 0.3) is 0 Å². The second-order valence-electron chi connectivity index (χ2n) is 6.67. The van der Waals surface area contributed by atoms with Gasteiger partial charge in [0.1, 0.15) is 25.0 Å². The molecular formula is C21H20N2O5. The van der Waals surface area contributed by atoms with Crippen LogP contribution in [0.15, 0.2) is 61.2 Å². The van der Waals surface area contributed by atoms with Crippen LogP contribution in [0.4, 0.5) is 4.79 Å². The zero-order valence-corrected chi connectivity index (χ0v) is 15.2. The number of carboxylic acid groups (broad SMARTS) is 1. The van der Waals surface area contributed by atoms with Gasteiger partial charge in [-0.05, 0) is 28.8 Å². The molecule has 2 aromatic rings. The van der Waals surface area contributed by atoms with Gasteiger partial charge >= 0.3 is 12.0 Å². The molecule has 0 spiro atoms. The lowest BCUT2D eigenvalue weighted by atomic mass is 9.91. The van der Waals surface area contributed by atoms with Gasteiger partial charge in [-0.1, -0.05) is 49.1 Å². The summed E-state index contributed by atoms with van der Waals surface area (Å²) in [5, 5.41) is 11.0. The summed E-state index contributed by atoms with van der Waals surface area (Å²) < 4.78 is 5.59. The van der Waals surface area contributed by atoms with Gasteiger partial charge in [-0.3, -0.25) is 4.84 Å². The van der Waals surface area contributed by atoms with Crippen molar-refractivity contribution in [2.45, 2.75) is 18.7 Å². The molecule has 0 saturated carbocycles. The average molecular weight is 380 g/mol. The van der Waals surface area contributed by atoms with E-state index in [2.05, 4.69) is 6.58 Å². The van der Waals surface area contributed by atoms with Crippen LogP contribution in [0.25, 0.3) is 0 Å². The lowest BCUT2D eigenvalue weighted by Crippen LogP contribution is -2.38. The molecule has 7 heteroatoms. The van der Waals surface area contributed by atoms with Crippen molar-refractivity contribution in [1.29, 1.82) is 0 Å². The molecule has 144 valence electrons. The number of carbonyl (C=O) groups is 2. The Hall–Kier alpha value is -3.32. The molecule has 2 amide bonds. The van der Waals surface area contributed by atoms with Crippen molar-refractivity contribution in [1.82, 2.24) is 9.96 Å². The summed E-state index contributed by atoms with van der Waals surface area (Å²) in [5.74, 6) is -0.476. The highest BCUT2D eigenvalue weighted by atomic mass is 16.7. The minimum Gasteiger partial charge on any atom is -0.490 e. The first-order valence-electron chi connectivity index (χ1n) is 8.97. The number of aliphatic carboxylic acids is 1. The molecule has 1 N–H and O–H groups in total. The number of carboxylic acids is 1. The Balaban J connectivity index is 1.66. The maximum Gasteiger partial charge on any atom is 0.345 e. The molecule has 28 heavy (non-hydrogen) atoms. The van der Waals surface area contributed by atoms with Gasteiger partial charge in [0, 0.05) is 0 Å². The minimum absolute atomic E-state index is 0.219. The van der Waals surface area contributed by atoms with Crippen LogP contribution in [0.2, 0.25) is 0 Å². The average Bonchev–Trinajstić information content (AvgIpc) is 2.98. The highest BCUT2D eigenvalue weighted by Crippen LogP contribution is 2.45. The second kappa shape index (κ2) is 7.36. The summed E-state index contributed by atoms with van der Waals surface area (Å²) in [4.78, 5) is 31.9. The zero-order valence-electron chi connectivity index (χ0n) is 15.2. The van der Waals surface area contributed by atoms with Crippen LogP contribution in [0.5, 0.6) is 5.75 Å². The van der Waals surface area contributed by atoms with Crippen LogP contribution in [0, 0.1) is 0 Å². The molecule has 2 aliphatic rings. The third-order valence-electron chi connectivity index (χ3n) is 4.93. The van der Waals surface area contributed by atoms with E-state index in [0.29, 0.717) is 17.9 Å². The smallest absolute Gasteiger partial charge is 0.345 e. The fourth-order valence-electron chi connectivity index (χ4n) is 3.67. The lowest BCUT2D eigenvalue weighted by molar-refractivity contribution is -0.143. The number of fused-ring (bicyclic) bond motifs is 4. The van der Waals surface area contributed by atoms with Crippen LogP contribution in [-0.2, 0) is 16.2 Å². The van der Waals surface area contributed by atoms with Crippen LogP contribution in [-0.4, -0.2) is 40.2 Å². The molecule has 0 radical (unpaired) electrons. The molecule has 2 aliphatic heterocycles. The third-order valence-corrected chi connectivity index (χ3v) is 4.93. The van der Waals surface area contributed by atoms with E-state index in [9.17, 15) is 14.7 Å². The van der Waals surface area contributed by atoms with E-state index < -0.39 is 24.1 Å². The molecule has 2 aromatic carbocycles. The van der Waals surface area contributed by atoms with Gasteiger partial charge in [0.05, 0.1) is 6.54 Å². The number of hydroxylamine groups is 2. The quantitative estimate of drug-likeness (QED) is 0.746. The van der Waals surface area contributed by atoms with Crippen molar-refractivity contribution in [3.05, 3.63) is 77.9 Å². The largest absolute Gasteiger partial charge is 0.490 e. The molecule has 1 saturated heterocycles. The first kappa shape index (κ1) is 18.1. The van der Waals surface area contributed by atoms with Gasteiger partial charge in [-0.15, -0.1) is 0 Å². The molecular weight excluding hydrogens is 360 g/mol. The Morgan fingerprint density at radius 1 is 1.21 bits per heavy atom. The number of ether oxygens (including phenoxy) is 1. The van der Waals surface area contributed by atoms with Gasteiger partial charge in [0.15, 0.2) is 6.04 Å². The van der Waals surface area contributed by atoms with Crippen molar-refractivity contribution >= 4 is 12.0 Å². The maximum absolute atomic E-state index is 12.9. The number of urea groups is 1. The summed E-state index contributed by atoms with van der Waals surface area (Å²) in [5.41, 5.74) is 2.22. The van der Waals surface area contributed by atoms with E-state index in [1.54, 1.807) is 24.3 Å². The number of benzene rings is 2. The van der Waals surface area contributed by atoms with Gasteiger partial charge < -0.3 is 14.7 Å². The summed E-state index contributed by atoms with van der Waals surface area (Å²) >= 11 is 0. The van der Waals surface area contributed by atoms with E-state index in [4.69, 9.17) is 9.57 Å². The zero-order chi connectivity index (χ0) is 19.7. The molecule has 1 fully saturated rings. The summed E-state index contributed by atoms with van der Waals surface area (Å²) in [6.07, 6.45) is 1.63. The topological polar surface area (TPSA) is 79.3 Å². The van der Waals surface area contributed by atoms with Crippen molar-refractivity contribution < 1.29 is 24.3 Å². The molecule has 7 nitrogen and oxygen atoms in total. The van der Waals surface area contributed by atoms with Gasteiger partial charge in [-0.2, -0.15) is 5.06 Å². The Bertz CT molecular complexity index is 914.